The third-order valence-electron chi connectivity index (χ3n) is 3.82. The Morgan fingerprint density at radius 2 is 1.64 bits per heavy atom. The largest absolute Gasteiger partial charge is 0.474 e. The molecule has 9 heteroatoms. The summed E-state index contributed by atoms with van der Waals surface area (Å²) < 4.78 is 48.5. The van der Waals surface area contributed by atoms with Crippen molar-refractivity contribution in [1.82, 2.24) is 15.0 Å². The number of ether oxygens (including phenoxy) is 2. The normalized spacial score (nSPS) is 11.3. The molecule has 3 rings (SSSR count). The lowest BCUT2D eigenvalue weighted by Crippen LogP contribution is -2.12. The van der Waals surface area contributed by atoms with Crippen LogP contribution in [0.2, 0.25) is 0 Å². The molecule has 0 aliphatic heterocycles. The molecule has 146 valence electrons. The van der Waals surface area contributed by atoms with Gasteiger partial charge in [-0.1, -0.05) is 29.8 Å². The van der Waals surface area contributed by atoms with Crippen LogP contribution in [0.3, 0.4) is 0 Å². The summed E-state index contributed by atoms with van der Waals surface area (Å²) in [7, 11) is 0. The van der Waals surface area contributed by atoms with E-state index in [4.69, 9.17) is 15.2 Å². The number of hydrogen-bond donors (Lipinski definition) is 1. The van der Waals surface area contributed by atoms with Crippen LogP contribution in [0.1, 0.15) is 11.1 Å². The van der Waals surface area contributed by atoms with E-state index in [1.54, 1.807) is 0 Å². The van der Waals surface area contributed by atoms with Gasteiger partial charge in [-0.15, -0.1) is 0 Å². The third-order valence-corrected chi connectivity index (χ3v) is 3.82. The Hall–Kier alpha value is -3.36. The predicted octanol–water partition coefficient (Wildman–Crippen LogP) is 3.91. The summed E-state index contributed by atoms with van der Waals surface area (Å²) in [5, 5.41) is 0. The van der Waals surface area contributed by atoms with Gasteiger partial charge in [0.15, 0.2) is 0 Å². The Bertz CT molecular complexity index is 929. The van der Waals surface area contributed by atoms with Gasteiger partial charge in [0.1, 0.15) is 25.4 Å². The van der Waals surface area contributed by atoms with E-state index < -0.39 is 11.7 Å². The number of aromatic nitrogens is 3. The SMILES string of the molecule is Cc1ccc(-c2c(N)ncnc2OCCOc2ccc(C(F)(F)F)cn2)cc1. The maximum absolute atomic E-state index is 12.5. The van der Waals surface area contributed by atoms with E-state index >= 15 is 0 Å². The van der Waals surface area contributed by atoms with Gasteiger partial charge in [-0.3, -0.25) is 0 Å². The highest BCUT2D eigenvalue weighted by Gasteiger charge is 2.30. The molecule has 0 saturated carbocycles. The van der Waals surface area contributed by atoms with Crippen LogP contribution in [0.5, 0.6) is 11.8 Å². The molecule has 0 radical (unpaired) electrons. The fraction of sp³-hybridized carbons (Fsp3) is 0.211. The second-order valence-corrected chi connectivity index (χ2v) is 5.88. The van der Waals surface area contributed by atoms with Gasteiger partial charge in [0.2, 0.25) is 11.8 Å². The van der Waals surface area contributed by atoms with Crippen molar-refractivity contribution in [1.29, 1.82) is 0 Å². The molecule has 6 nitrogen and oxygen atoms in total. The Morgan fingerprint density at radius 1 is 0.929 bits per heavy atom. The highest BCUT2D eigenvalue weighted by Crippen LogP contribution is 2.32. The van der Waals surface area contributed by atoms with Crippen LogP contribution in [0.4, 0.5) is 19.0 Å². The average molecular weight is 390 g/mol. The molecule has 0 unspecified atom stereocenters. The number of nitrogens with zero attached hydrogens (tertiary/aromatic N) is 3. The maximum Gasteiger partial charge on any atom is 0.417 e. The minimum absolute atomic E-state index is 0.0651. The lowest BCUT2D eigenvalue weighted by Gasteiger charge is -2.13. The molecule has 28 heavy (non-hydrogen) atoms. The topological polar surface area (TPSA) is 83.2 Å². The van der Waals surface area contributed by atoms with Crippen LogP contribution < -0.4 is 15.2 Å². The summed E-state index contributed by atoms with van der Waals surface area (Å²) in [5.74, 6) is 0.636. The van der Waals surface area contributed by atoms with E-state index in [2.05, 4.69) is 15.0 Å². The molecule has 0 aliphatic rings. The number of nitrogen functional groups attached to an aromatic ring is 1. The van der Waals surface area contributed by atoms with Gasteiger partial charge in [-0.05, 0) is 18.6 Å². The Labute approximate surface area is 159 Å². The Morgan fingerprint density at radius 3 is 2.29 bits per heavy atom. The van der Waals surface area contributed by atoms with Crippen LogP contribution in [0.15, 0.2) is 48.9 Å². The number of nitrogens with two attached hydrogens (primary N) is 1. The molecule has 0 aliphatic carbocycles. The summed E-state index contributed by atoms with van der Waals surface area (Å²) in [6, 6.07) is 9.71. The first kappa shape index (κ1) is 19.4. The number of alkyl halides is 3. The van der Waals surface area contributed by atoms with Crippen molar-refractivity contribution in [2.45, 2.75) is 13.1 Å². The van der Waals surface area contributed by atoms with Crippen LogP contribution in [-0.4, -0.2) is 28.2 Å². The third kappa shape index (κ3) is 4.67. The zero-order chi connectivity index (χ0) is 20.1. The first-order valence-corrected chi connectivity index (χ1v) is 8.31. The van der Waals surface area contributed by atoms with Crippen molar-refractivity contribution in [3.8, 4) is 22.9 Å². The van der Waals surface area contributed by atoms with E-state index in [1.807, 2.05) is 31.2 Å². The van der Waals surface area contributed by atoms with Crippen LogP contribution >= 0.6 is 0 Å². The number of anilines is 1. The van der Waals surface area contributed by atoms with Gasteiger partial charge in [-0.2, -0.15) is 13.2 Å². The lowest BCUT2D eigenvalue weighted by atomic mass is 10.1. The molecular formula is C19H17F3N4O2. The number of halogens is 3. The fourth-order valence-corrected chi connectivity index (χ4v) is 2.40. The average Bonchev–Trinajstić information content (AvgIpc) is 2.66. The second-order valence-electron chi connectivity index (χ2n) is 5.88. The zero-order valence-electron chi connectivity index (χ0n) is 14.9. The van der Waals surface area contributed by atoms with Crippen molar-refractivity contribution in [2.24, 2.45) is 0 Å². The van der Waals surface area contributed by atoms with E-state index in [0.29, 0.717) is 11.4 Å². The van der Waals surface area contributed by atoms with Gasteiger partial charge in [0.25, 0.3) is 0 Å². The van der Waals surface area contributed by atoms with Gasteiger partial charge >= 0.3 is 6.18 Å². The molecule has 0 fully saturated rings. The van der Waals surface area contributed by atoms with Gasteiger partial charge in [0, 0.05) is 12.3 Å². The summed E-state index contributed by atoms with van der Waals surface area (Å²) in [4.78, 5) is 11.7. The monoisotopic (exact) mass is 390 g/mol. The molecule has 2 aromatic heterocycles. The molecule has 0 atom stereocenters. The minimum Gasteiger partial charge on any atom is -0.474 e. The molecule has 2 heterocycles. The van der Waals surface area contributed by atoms with Crippen molar-refractivity contribution < 1.29 is 22.6 Å². The smallest absolute Gasteiger partial charge is 0.417 e. The number of aryl methyl sites for hydroxylation is 1. The molecular weight excluding hydrogens is 373 g/mol. The molecule has 1 aromatic carbocycles. The summed E-state index contributed by atoms with van der Waals surface area (Å²) >= 11 is 0. The highest BCUT2D eigenvalue weighted by molar-refractivity contribution is 5.78. The molecule has 0 amide bonds. The first-order valence-electron chi connectivity index (χ1n) is 8.31. The van der Waals surface area contributed by atoms with Crippen molar-refractivity contribution >= 4 is 5.82 Å². The summed E-state index contributed by atoms with van der Waals surface area (Å²) in [5.41, 5.74) is 7.60. The standard InChI is InChI=1S/C19H17F3N4O2/c1-12-2-4-13(5-3-12)16-17(23)25-11-26-18(16)28-9-8-27-15-7-6-14(10-24-15)19(20,21)22/h2-7,10-11H,8-9H2,1H3,(H2,23,25,26). The van der Waals surface area contributed by atoms with E-state index in [0.717, 1.165) is 29.5 Å². The molecule has 0 saturated heterocycles. The number of pyridine rings is 1. The summed E-state index contributed by atoms with van der Waals surface area (Å²) in [6.07, 6.45) is -2.43. The highest BCUT2D eigenvalue weighted by atomic mass is 19.4. The van der Waals surface area contributed by atoms with Gasteiger partial charge in [0.05, 0.1) is 11.1 Å². The van der Waals surface area contributed by atoms with E-state index in [-0.39, 0.29) is 24.9 Å². The number of hydrogen-bond acceptors (Lipinski definition) is 6. The summed E-state index contributed by atoms with van der Waals surface area (Å²) in [6.45, 7) is 2.13. The maximum atomic E-state index is 12.5. The molecule has 2 N–H and O–H groups in total. The fourth-order valence-electron chi connectivity index (χ4n) is 2.40. The van der Waals surface area contributed by atoms with Crippen molar-refractivity contribution in [2.75, 3.05) is 18.9 Å². The zero-order valence-corrected chi connectivity index (χ0v) is 14.9. The Balaban J connectivity index is 1.62. The minimum atomic E-state index is -4.44. The van der Waals surface area contributed by atoms with Crippen LogP contribution in [-0.2, 0) is 6.18 Å². The molecule has 0 spiro atoms. The second kappa shape index (κ2) is 8.12. The lowest BCUT2D eigenvalue weighted by molar-refractivity contribution is -0.137. The van der Waals surface area contributed by atoms with Crippen molar-refractivity contribution in [3.05, 3.63) is 60.0 Å². The quantitative estimate of drug-likeness (QED) is 0.643. The van der Waals surface area contributed by atoms with Crippen LogP contribution in [0.25, 0.3) is 11.1 Å². The number of benzene rings is 1. The predicted molar refractivity (Wildman–Crippen MR) is 96.8 cm³/mol. The molecule has 3 aromatic rings. The van der Waals surface area contributed by atoms with Crippen molar-refractivity contribution in [3.63, 3.8) is 0 Å². The number of rotatable bonds is 6. The van der Waals surface area contributed by atoms with E-state index in [9.17, 15) is 13.2 Å². The van der Waals surface area contributed by atoms with Crippen LogP contribution in [0, 0.1) is 6.92 Å². The van der Waals surface area contributed by atoms with E-state index in [1.165, 1.54) is 6.33 Å². The van der Waals surface area contributed by atoms with Gasteiger partial charge < -0.3 is 15.2 Å². The van der Waals surface area contributed by atoms with Gasteiger partial charge in [-0.25, -0.2) is 15.0 Å². The molecule has 0 bridgehead atoms. The Kier molecular flexibility index (Phi) is 5.62. The first-order chi connectivity index (χ1) is 13.3.